The molecule has 0 amide bonds. The van der Waals surface area contributed by atoms with Gasteiger partial charge in [-0.25, -0.2) is 0 Å². The molecule has 1 saturated carbocycles. The highest BCUT2D eigenvalue weighted by atomic mass is 16.5. The molecule has 0 aliphatic heterocycles. The van der Waals surface area contributed by atoms with Crippen LogP contribution in [0.1, 0.15) is 40.0 Å². The Bertz CT molecular complexity index is 165. The van der Waals surface area contributed by atoms with E-state index in [1.165, 1.54) is 19.8 Å². The molecular formula is C10H18O2. The Morgan fingerprint density at radius 3 is 2.58 bits per heavy atom. The molecule has 0 aromatic carbocycles. The Morgan fingerprint density at radius 1 is 1.33 bits per heavy atom. The second kappa shape index (κ2) is 3.92. The van der Waals surface area contributed by atoms with Crippen LogP contribution in [0, 0.1) is 11.8 Å². The van der Waals surface area contributed by atoms with Crippen LogP contribution < -0.4 is 0 Å². The molecular weight excluding hydrogens is 152 g/mol. The predicted molar refractivity (Wildman–Crippen MR) is 47.7 cm³/mol. The Morgan fingerprint density at radius 2 is 2.00 bits per heavy atom. The van der Waals surface area contributed by atoms with E-state index in [0.717, 1.165) is 6.42 Å². The summed E-state index contributed by atoms with van der Waals surface area (Å²) in [6, 6.07) is 0. The first-order chi connectivity index (χ1) is 5.59. The Kier molecular flexibility index (Phi) is 3.12. The average molecular weight is 170 g/mol. The van der Waals surface area contributed by atoms with Crippen molar-refractivity contribution >= 4 is 5.97 Å². The van der Waals surface area contributed by atoms with Gasteiger partial charge in [0, 0.05) is 6.92 Å². The van der Waals surface area contributed by atoms with Gasteiger partial charge in [0.05, 0.1) is 0 Å². The van der Waals surface area contributed by atoms with E-state index in [0.29, 0.717) is 11.8 Å². The summed E-state index contributed by atoms with van der Waals surface area (Å²) in [5.41, 5.74) is 0. The average Bonchev–Trinajstić information content (AvgIpc) is 1.96. The van der Waals surface area contributed by atoms with Gasteiger partial charge in [-0.05, 0) is 24.7 Å². The molecule has 3 atom stereocenters. The van der Waals surface area contributed by atoms with Crippen LogP contribution in [0.4, 0.5) is 0 Å². The molecule has 0 radical (unpaired) electrons. The van der Waals surface area contributed by atoms with Gasteiger partial charge in [0.2, 0.25) is 0 Å². The first kappa shape index (κ1) is 9.56. The van der Waals surface area contributed by atoms with Crippen molar-refractivity contribution in [3.05, 3.63) is 0 Å². The highest BCUT2D eigenvalue weighted by Gasteiger charge is 2.27. The smallest absolute Gasteiger partial charge is 0.302 e. The van der Waals surface area contributed by atoms with Gasteiger partial charge in [0.1, 0.15) is 6.10 Å². The van der Waals surface area contributed by atoms with Gasteiger partial charge in [0.25, 0.3) is 0 Å². The van der Waals surface area contributed by atoms with Crippen LogP contribution >= 0.6 is 0 Å². The number of carbonyl (C=O) groups excluding carboxylic acids is 1. The van der Waals surface area contributed by atoms with Crippen LogP contribution in [0.2, 0.25) is 0 Å². The molecule has 0 aromatic rings. The van der Waals surface area contributed by atoms with Gasteiger partial charge in [-0.15, -0.1) is 0 Å². The normalized spacial score (nSPS) is 36.1. The highest BCUT2D eigenvalue weighted by Crippen LogP contribution is 2.30. The van der Waals surface area contributed by atoms with E-state index < -0.39 is 0 Å². The van der Waals surface area contributed by atoms with Crippen molar-refractivity contribution in [2.24, 2.45) is 11.8 Å². The fourth-order valence-corrected chi connectivity index (χ4v) is 1.86. The van der Waals surface area contributed by atoms with Crippen LogP contribution in [-0.4, -0.2) is 12.1 Å². The zero-order valence-electron chi connectivity index (χ0n) is 8.17. The van der Waals surface area contributed by atoms with Crippen molar-refractivity contribution in [1.29, 1.82) is 0 Å². The SMILES string of the molecule is CC(=O)OC1CC(C)CCC1C. The van der Waals surface area contributed by atoms with E-state index in [-0.39, 0.29) is 12.1 Å². The third kappa shape index (κ3) is 2.50. The quantitative estimate of drug-likeness (QED) is 0.565. The van der Waals surface area contributed by atoms with E-state index in [4.69, 9.17) is 4.74 Å². The minimum Gasteiger partial charge on any atom is -0.462 e. The number of rotatable bonds is 1. The van der Waals surface area contributed by atoms with Crippen molar-refractivity contribution in [2.45, 2.75) is 46.1 Å². The van der Waals surface area contributed by atoms with Gasteiger partial charge in [-0.2, -0.15) is 0 Å². The summed E-state index contributed by atoms with van der Waals surface area (Å²) in [7, 11) is 0. The van der Waals surface area contributed by atoms with Crippen LogP contribution in [0.15, 0.2) is 0 Å². The van der Waals surface area contributed by atoms with Gasteiger partial charge in [-0.3, -0.25) is 4.79 Å². The lowest BCUT2D eigenvalue weighted by atomic mass is 9.82. The molecule has 1 aliphatic rings. The fourth-order valence-electron chi connectivity index (χ4n) is 1.86. The monoisotopic (exact) mass is 170 g/mol. The van der Waals surface area contributed by atoms with E-state index in [1.54, 1.807) is 0 Å². The molecule has 0 aromatic heterocycles. The highest BCUT2D eigenvalue weighted by molar-refractivity contribution is 5.66. The lowest BCUT2D eigenvalue weighted by Crippen LogP contribution is -2.30. The van der Waals surface area contributed by atoms with Crippen molar-refractivity contribution in [2.75, 3.05) is 0 Å². The molecule has 70 valence electrons. The van der Waals surface area contributed by atoms with Crippen molar-refractivity contribution < 1.29 is 9.53 Å². The predicted octanol–water partition coefficient (Wildman–Crippen LogP) is 2.37. The number of hydrogen-bond acceptors (Lipinski definition) is 2. The molecule has 0 saturated heterocycles. The largest absolute Gasteiger partial charge is 0.462 e. The van der Waals surface area contributed by atoms with Gasteiger partial charge in [0.15, 0.2) is 0 Å². The van der Waals surface area contributed by atoms with E-state index >= 15 is 0 Å². The second-order valence-electron chi connectivity index (χ2n) is 4.04. The number of ether oxygens (including phenoxy) is 1. The molecule has 0 heterocycles. The van der Waals surface area contributed by atoms with E-state index in [1.807, 2.05) is 0 Å². The summed E-state index contributed by atoms with van der Waals surface area (Å²) in [6.45, 7) is 5.88. The summed E-state index contributed by atoms with van der Waals surface area (Å²) < 4.78 is 5.23. The number of esters is 1. The molecule has 2 nitrogen and oxygen atoms in total. The van der Waals surface area contributed by atoms with Crippen LogP contribution in [0.3, 0.4) is 0 Å². The third-order valence-electron chi connectivity index (χ3n) is 2.70. The molecule has 3 unspecified atom stereocenters. The van der Waals surface area contributed by atoms with Crippen LogP contribution in [0.25, 0.3) is 0 Å². The Balaban J connectivity index is 2.43. The summed E-state index contributed by atoms with van der Waals surface area (Å²) in [5, 5.41) is 0. The maximum atomic E-state index is 10.7. The van der Waals surface area contributed by atoms with Gasteiger partial charge < -0.3 is 4.74 Å². The molecule has 2 heteroatoms. The molecule has 1 rings (SSSR count). The number of carbonyl (C=O) groups is 1. The maximum Gasteiger partial charge on any atom is 0.302 e. The summed E-state index contributed by atoms with van der Waals surface area (Å²) in [6.07, 6.45) is 3.69. The van der Waals surface area contributed by atoms with Crippen molar-refractivity contribution in [1.82, 2.24) is 0 Å². The molecule has 0 bridgehead atoms. The molecule has 0 spiro atoms. The van der Waals surface area contributed by atoms with Crippen molar-refractivity contribution in [3.63, 3.8) is 0 Å². The van der Waals surface area contributed by atoms with Gasteiger partial charge in [-0.1, -0.05) is 20.3 Å². The topological polar surface area (TPSA) is 26.3 Å². The lowest BCUT2D eigenvalue weighted by Gasteiger charge is -2.31. The zero-order valence-corrected chi connectivity index (χ0v) is 8.17. The molecule has 0 N–H and O–H groups in total. The summed E-state index contributed by atoms with van der Waals surface area (Å²) in [5.74, 6) is 1.12. The summed E-state index contributed by atoms with van der Waals surface area (Å²) >= 11 is 0. The molecule has 1 fully saturated rings. The minimum absolute atomic E-state index is 0.138. The Labute approximate surface area is 74.3 Å². The molecule has 1 aliphatic carbocycles. The minimum atomic E-state index is -0.138. The first-order valence-electron chi connectivity index (χ1n) is 4.76. The van der Waals surface area contributed by atoms with E-state index in [2.05, 4.69) is 13.8 Å². The third-order valence-corrected chi connectivity index (χ3v) is 2.70. The van der Waals surface area contributed by atoms with Crippen LogP contribution in [0.5, 0.6) is 0 Å². The fraction of sp³-hybridized carbons (Fsp3) is 0.900. The standard InChI is InChI=1S/C10H18O2/c1-7-4-5-8(2)10(6-7)12-9(3)11/h7-8,10H,4-6H2,1-3H3. The van der Waals surface area contributed by atoms with E-state index in [9.17, 15) is 4.79 Å². The Hall–Kier alpha value is -0.530. The first-order valence-corrected chi connectivity index (χ1v) is 4.76. The lowest BCUT2D eigenvalue weighted by molar-refractivity contribution is -0.151. The van der Waals surface area contributed by atoms with Crippen molar-refractivity contribution in [3.8, 4) is 0 Å². The van der Waals surface area contributed by atoms with Crippen LogP contribution in [-0.2, 0) is 9.53 Å². The number of hydrogen-bond donors (Lipinski definition) is 0. The van der Waals surface area contributed by atoms with Gasteiger partial charge >= 0.3 is 5.97 Å². The second-order valence-corrected chi connectivity index (χ2v) is 4.04. The molecule has 12 heavy (non-hydrogen) atoms. The summed E-state index contributed by atoms with van der Waals surface area (Å²) in [4.78, 5) is 10.7. The maximum absolute atomic E-state index is 10.7. The zero-order chi connectivity index (χ0) is 9.14.